The molecule has 0 atom stereocenters. The van der Waals surface area contributed by atoms with Gasteiger partial charge in [0.15, 0.2) is 5.13 Å². The molecule has 0 unspecified atom stereocenters. The van der Waals surface area contributed by atoms with Gasteiger partial charge in [-0.2, -0.15) is 0 Å². The lowest BCUT2D eigenvalue weighted by Crippen LogP contribution is -2.46. The van der Waals surface area contributed by atoms with Gasteiger partial charge in [0.05, 0.1) is 0 Å². The fraction of sp³-hybridized carbons (Fsp3) is 0.545. The number of thiazole rings is 1. The molecular formula is C11H16ClN3S. The lowest BCUT2D eigenvalue weighted by Gasteiger charge is -2.33. The first-order valence-corrected chi connectivity index (χ1v) is 6.89. The van der Waals surface area contributed by atoms with E-state index in [9.17, 15) is 0 Å². The predicted octanol–water partition coefficient (Wildman–Crippen LogP) is 2.06. The standard InChI is InChI=1S/C11H16ClN3S/c12-3-1-2-5-14-6-8-15(9-7-14)11-13-4-10-16-11/h1-2,4,10H,3,5-9H2. The van der Waals surface area contributed by atoms with E-state index in [1.165, 1.54) is 0 Å². The fourth-order valence-electron chi connectivity index (χ4n) is 1.78. The molecule has 0 N–H and O–H groups in total. The summed E-state index contributed by atoms with van der Waals surface area (Å²) in [4.78, 5) is 9.13. The Hall–Kier alpha value is -0.580. The quantitative estimate of drug-likeness (QED) is 0.608. The summed E-state index contributed by atoms with van der Waals surface area (Å²) in [6.07, 6.45) is 6.02. The topological polar surface area (TPSA) is 19.4 Å². The van der Waals surface area contributed by atoms with Crippen molar-refractivity contribution in [1.82, 2.24) is 9.88 Å². The van der Waals surface area contributed by atoms with E-state index < -0.39 is 0 Å². The number of hydrogen-bond acceptors (Lipinski definition) is 4. The summed E-state index contributed by atoms with van der Waals surface area (Å²) >= 11 is 7.31. The minimum atomic E-state index is 0.610. The number of halogens is 1. The second kappa shape index (κ2) is 6.23. The van der Waals surface area contributed by atoms with Crippen LogP contribution in [0.1, 0.15) is 0 Å². The van der Waals surface area contributed by atoms with Crippen molar-refractivity contribution in [3.05, 3.63) is 23.7 Å². The highest BCUT2D eigenvalue weighted by molar-refractivity contribution is 7.13. The Labute approximate surface area is 105 Å². The number of nitrogens with zero attached hydrogens (tertiary/aromatic N) is 3. The van der Waals surface area contributed by atoms with Crippen LogP contribution in [0.4, 0.5) is 5.13 Å². The van der Waals surface area contributed by atoms with E-state index in [2.05, 4.69) is 20.9 Å². The molecule has 2 heterocycles. The average molecular weight is 258 g/mol. The zero-order valence-corrected chi connectivity index (χ0v) is 10.8. The number of hydrogen-bond donors (Lipinski definition) is 0. The third-order valence-corrected chi connectivity index (χ3v) is 3.69. The molecule has 88 valence electrons. The molecule has 0 aromatic carbocycles. The summed E-state index contributed by atoms with van der Waals surface area (Å²) in [6, 6.07) is 0. The van der Waals surface area contributed by atoms with E-state index in [0.29, 0.717) is 5.88 Å². The SMILES string of the molecule is ClCC=CCN1CCN(c2nccs2)CC1. The Morgan fingerprint density at radius 1 is 1.31 bits per heavy atom. The number of rotatable bonds is 4. The summed E-state index contributed by atoms with van der Waals surface area (Å²) in [7, 11) is 0. The normalized spacial score (nSPS) is 18.4. The molecule has 0 bridgehead atoms. The fourth-order valence-corrected chi connectivity index (χ4v) is 2.60. The Morgan fingerprint density at radius 2 is 2.12 bits per heavy atom. The van der Waals surface area contributed by atoms with Gasteiger partial charge >= 0.3 is 0 Å². The lowest BCUT2D eigenvalue weighted by molar-refractivity contribution is 0.284. The van der Waals surface area contributed by atoms with Gasteiger partial charge in [0, 0.05) is 50.2 Å². The highest BCUT2D eigenvalue weighted by Crippen LogP contribution is 2.18. The van der Waals surface area contributed by atoms with Gasteiger partial charge in [-0.05, 0) is 0 Å². The minimum Gasteiger partial charge on any atom is -0.346 e. The first-order valence-electron chi connectivity index (χ1n) is 5.48. The van der Waals surface area contributed by atoms with Crippen molar-refractivity contribution in [2.75, 3.05) is 43.5 Å². The second-order valence-electron chi connectivity index (χ2n) is 3.73. The van der Waals surface area contributed by atoms with Crippen LogP contribution >= 0.6 is 22.9 Å². The number of alkyl halides is 1. The largest absolute Gasteiger partial charge is 0.346 e. The van der Waals surface area contributed by atoms with E-state index in [4.69, 9.17) is 11.6 Å². The number of piperazine rings is 1. The first-order chi connectivity index (χ1) is 7.90. The summed E-state index contributed by atoms with van der Waals surface area (Å²) in [5.74, 6) is 0.610. The molecular weight excluding hydrogens is 242 g/mol. The maximum absolute atomic E-state index is 5.59. The zero-order chi connectivity index (χ0) is 11.2. The number of aromatic nitrogens is 1. The molecule has 0 spiro atoms. The van der Waals surface area contributed by atoms with Crippen LogP contribution in [-0.4, -0.2) is 48.5 Å². The molecule has 0 radical (unpaired) electrons. The molecule has 1 fully saturated rings. The van der Waals surface area contributed by atoms with Crippen molar-refractivity contribution in [1.29, 1.82) is 0 Å². The highest BCUT2D eigenvalue weighted by Gasteiger charge is 2.17. The van der Waals surface area contributed by atoms with Gasteiger partial charge in [-0.1, -0.05) is 12.2 Å². The maximum Gasteiger partial charge on any atom is 0.185 e. The third-order valence-electron chi connectivity index (χ3n) is 2.68. The Morgan fingerprint density at radius 3 is 2.75 bits per heavy atom. The Balaban J connectivity index is 1.76. The Bertz CT molecular complexity index is 318. The van der Waals surface area contributed by atoms with Gasteiger partial charge < -0.3 is 4.90 Å². The van der Waals surface area contributed by atoms with Gasteiger partial charge in [-0.25, -0.2) is 4.98 Å². The van der Waals surface area contributed by atoms with Gasteiger partial charge in [-0.15, -0.1) is 22.9 Å². The molecule has 0 saturated carbocycles. The smallest absolute Gasteiger partial charge is 0.185 e. The summed E-state index contributed by atoms with van der Waals surface area (Å²) < 4.78 is 0. The minimum absolute atomic E-state index is 0.610. The monoisotopic (exact) mass is 257 g/mol. The van der Waals surface area contributed by atoms with E-state index in [1.54, 1.807) is 11.3 Å². The van der Waals surface area contributed by atoms with Crippen LogP contribution in [0.5, 0.6) is 0 Å². The maximum atomic E-state index is 5.59. The molecule has 0 amide bonds. The van der Waals surface area contributed by atoms with Crippen molar-refractivity contribution < 1.29 is 0 Å². The lowest BCUT2D eigenvalue weighted by atomic mass is 10.3. The van der Waals surface area contributed by atoms with Crippen molar-refractivity contribution in [3.63, 3.8) is 0 Å². The molecule has 1 aromatic rings. The summed E-state index contributed by atoms with van der Waals surface area (Å²) in [6.45, 7) is 5.36. The van der Waals surface area contributed by atoms with Gasteiger partial charge in [0.25, 0.3) is 0 Å². The second-order valence-corrected chi connectivity index (χ2v) is 4.91. The van der Waals surface area contributed by atoms with Crippen molar-refractivity contribution in [2.45, 2.75) is 0 Å². The van der Waals surface area contributed by atoms with Gasteiger partial charge in [-0.3, -0.25) is 4.90 Å². The molecule has 2 rings (SSSR count). The molecule has 3 nitrogen and oxygen atoms in total. The molecule has 5 heteroatoms. The van der Waals surface area contributed by atoms with Gasteiger partial charge in [0.1, 0.15) is 0 Å². The molecule has 1 aromatic heterocycles. The van der Waals surface area contributed by atoms with E-state index in [1.807, 2.05) is 17.7 Å². The number of allylic oxidation sites excluding steroid dienone is 1. The highest BCUT2D eigenvalue weighted by atomic mass is 35.5. The molecule has 0 aliphatic carbocycles. The van der Waals surface area contributed by atoms with Crippen LogP contribution in [0, 0.1) is 0 Å². The molecule has 16 heavy (non-hydrogen) atoms. The van der Waals surface area contributed by atoms with Crippen LogP contribution in [0.3, 0.4) is 0 Å². The van der Waals surface area contributed by atoms with E-state index in [-0.39, 0.29) is 0 Å². The predicted molar refractivity (Wildman–Crippen MR) is 70.6 cm³/mol. The van der Waals surface area contributed by atoms with Crippen LogP contribution < -0.4 is 4.90 Å². The average Bonchev–Trinajstić information content (AvgIpc) is 2.84. The number of anilines is 1. The van der Waals surface area contributed by atoms with Crippen LogP contribution in [0.15, 0.2) is 23.7 Å². The molecule has 1 saturated heterocycles. The van der Waals surface area contributed by atoms with E-state index >= 15 is 0 Å². The zero-order valence-electron chi connectivity index (χ0n) is 9.18. The van der Waals surface area contributed by atoms with Crippen LogP contribution in [-0.2, 0) is 0 Å². The molecule has 1 aliphatic rings. The van der Waals surface area contributed by atoms with Crippen molar-refractivity contribution >= 4 is 28.1 Å². The first kappa shape index (κ1) is 11.9. The summed E-state index contributed by atoms with van der Waals surface area (Å²) in [5.41, 5.74) is 0. The van der Waals surface area contributed by atoms with Crippen molar-refractivity contribution in [3.8, 4) is 0 Å². The van der Waals surface area contributed by atoms with Crippen LogP contribution in [0.2, 0.25) is 0 Å². The molecule has 1 aliphatic heterocycles. The Kier molecular flexibility index (Phi) is 4.63. The summed E-state index contributed by atoms with van der Waals surface area (Å²) in [5, 5.41) is 3.18. The van der Waals surface area contributed by atoms with E-state index in [0.717, 1.165) is 37.9 Å². The third kappa shape index (κ3) is 3.20. The van der Waals surface area contributed by atoms with Gasteiger partial charge in [0.2, 0.25) is 0 Å². The van der Waals surface area contributed by atoms with Crippen molar-refractivity contribution in [2.24, 2.45) is 0 Å². The van der Waals surface area contributed by atoms with Crippen LogP contribution in [0.25, 0.3) is 0 Å².